The van der Waals surface area contributed by atoms with Crippen LogP contribution in [-0.4, -0.2) is 68.8 Å². The second-order valence-electron chi connectivity index (χ2n) is 7.80. The lowest BCUT2D eigenvalue weighted by Gasteiger charge is -2.46. The molecule has 2 aromatic rings. The molecule has 12 nitrogen and oxygen atoms in total. The Morgan fingerprint density at radius 1 is 1.34 bits per heavy atom. The van der Waals surface area contributed by atoms with Gasteiger partial charge in [0.05, 0.1) is 11.7 Å². The number of esters is 2. The van der Waals surface area contributed by atoms with Crippen LogP contribution in [0.2, 0.25) is 0 Å². The zero-order valence-electron chi connectivity index (χ0n) is 18.2. The summed E-state index contributed by atoms with van der Waals surface area (Å²) in [4.78, 5) is 61.3. The van der Waals surface area contributed by atoms with Gasteiger partial charge in [-0.1, -0.05) is 35.5 Å². The van der Waals surface area contributed by atoms with Crippen molar-refractivity contribution in [3.05, 3.63) is 47.0 Å². The van der Waals surface area contributed by atoms with Crippen molar-refractivity contribution < 1.29 is 33.5 Å². The van der Waals surface area contributed by atoms with Crippen LogP contribution < -0.4 is 11.1 Å². The molecule has 0 radical (unpaired) electrons. The van der Waals surface area contributed by atoms with Crippen molar-refractivity contribution in [3.8, 4) is 0 Å². The lowest BCUT2D eigenvalue weighted by atomic mass is 9.98. The fourth-order valence-corrected chi connectivity index (χ4v) is 6.46. The minimum atomic E-state index is -1.87. The number of thiazole rings is 1. The predicted molar refractivity (Wildman–Crippen MR) is 124 cm³/mol. The molecule has 4 heterocycles. The highest BCUT2D eigenvalue weighted by Crippen LogP contribution is 2.55. The van der Waals surface area contributed by atoms with Crippen molar-refractivity contribution in [2.45, 2.75) is 35.4 Å². The average Bonchev–Trinajstić information content (AvgIpc) is 3.49. The van der Waals surface area contributed by atoms with E-state index < -0.39 is 46.1 Å². The van der Waals surface area contributed by atoms with Gasteiger partial charge in [0.15, 0.2) is 10.8 Å². The van der Waals surface area contributed by atoms with Crippen LogP contribution in [0, 0.1) is 0 Å². The Hall–Kier alpha value is -3.65. The number of fused-ring (bicyclic) bond motifs is 3. The van der Waals surface area contributed by atoms with Gasteiger partial charge in [-0.05, 0) is 5.56 Å². The van der Waals surface area contributed by atoms with Gasteiger partial charge in [0.2, 0.25) is 0 Å². The van der Waals surface area contributed by atoms with Crippen LogP contribution in [0.5, 0.6) is 0 Å². The number of amides is 2. The van der Waals surface area contributed by atoms with Crippen molar-refractivity contribution in [1.82, 2.24) is 15.2 Å². The number of anilines is 1. The Balaban J connectivity index is 1.33. The van der Waals surface area contributed by atoms with Gasteiger partial charge >= 0.3 is 11.9 Å². The molecule has 3 fully saturated rings. The monoisotopic (exact) mass is 517 g/mol. The van der Waals surface area contributed by atoms with Gasteiger partial charge in [0, 0.05) is 5.38 Å². The molecule has 2 amide bonds. The van der Waals surface area contributed by atoms with Gasteiger partial charge in [-0.3, -0.25) is 19.3 Å². The first-order valence-electron chi connectivity index (χ1n) is 10.4. The Kier molecular flexibility index (Phi) is 5.84. The topological polar surface area (TPSA) is 163 Å². The number of ether oxygens (including phenoxy) is 2. The molecule has 4 atom stereocenters. The lowest BCUT2D eigenvalue weighted by Crippen LogP contribution is -2.75. The van der Waals surface area contributed by atoms with E-state index in [4.69, 9.17) is 20.0 Å². The van der Waals surface area contributed by atoms with E-state index in [0.29, 0.717) is 0 Å². The highest BCUT2D eigenvalue weighted by Gasteiger charge is 2.75. The molecule has 1 aromatic carbocycles. The predicted octanol–water partition coefficient (Wildman–Crippen LogP) is 0.231. The number of aromatic nitrogens is 1. The van der Waals surface area contributed by atoms with Gasteiger partial charge in [0.1, 0.15) is 30.8 Å². The van der Waals surface area contributed by atoms with Gasteiger partial charge in [-0.25, -0.2) is 9.78 Å². The Morgan fingerprint density at radius 3 is 2.80 bits per heavy atom. The number of carbonyl (C=O) groups excluding carboxylic acids is 4. The maximum Gasteiger partial charge on any atom is 0.374 e. The van der Waals surface area contributed by atoms with Crippen LogP contribution in [0.4, 0.5) is 5.13 Å². The summed E-state index contributed by atoms with van der Waals surface area (Å²) in [5.41, 5.74) is 4.56. The van der Waals surface area contributed by atoms with Crippen molar-refractivity contribution in [1.29, 1.82) is 0 Å². The molecule has 3 aliphatic rings. The molecule has 1 aromatic heterocycles. The number of hydrogen-bond donors (Lipinski definition) is 2. The minimum absolute atomic E-state index is 0.0448. The zero-order valence-corrected chi connectivity index (χ0v) is 19.8. The zero-order chi connectivity index (χ0) is 24.7. The molecule has 0 unspecified atom stereocenters. The number of nitrogens with one attached hydrogen (secondary N) is 1. The van der Waals surface area contributed by atoms with Crippen molar-refractivity contribution in [2.75, 3.05) is 12.8 Å². The molecule has 3 N–H and O–H groups in total. The van der Waals surface area contributed by atoms with E-state index in [1.54, 1.807) is 24.3 Å². The summed E-state index contributed by atoms with van der Waals surface area (Å²) in [7, 11) is 1.27. The van der Waals surface area contributed by atoms with Gasteiger partial charge < -0.3 is 25.4 Å². The lowest BCUT2D eigenvalue weighted by molar-refractivity contribution is -0.208. The van der Waals surface area contributed by atoms with Crippen LogP contribution in [0.25, 0.3) is 0 Å². The number of hydrogen-bond acceptors (Lipinski definition) is 12. The van der Waals surface area contributed by atoms with E-state index >= 15 is 0 Å². The summed E-state index contributed by atoms with van der Waals surface area (Å²) in [5.74, 6) is -2.72. The molecule has 14 heteroatoms. The van der Waals surface area contributed by atoms with Crippen LogP contribution in [-0.2, 0) is 40.1 Å². The summed E-state index contributed by atoms with van der Waals surface area (Å²) < 4.78 is 10.9. The number of nitrogen functional groups attached to an aromatic ring is 1. The standard InChI is InChI=1S/C21H19N5O7S2/c1-31-25-14(11-9-34-20(22)23-11)16(28)24-15-17(29)26-18(15)35-12-7-13(27)33-21(12,26)19(30)32-8-10-5-3-2-4-6-10/h2-6,9,12,15,18H,7-8H2,1H3,(H2,22,23)(H,24,28)/t12-,15+,18+,21-/m0/s1. The highest BCUT2D eigenvalue weighted by atomic mass is 32.2. The second kappa shape index (κ2) is 8.85. The molecule has 0 spiro atoms. The Morgan fingerprint density at radius 2 is 2.11 bits per heavy atom. The van der Waals surface area contributed by atoms with Crippen molar-refractivity contribution >= 4 is 57.7 Å². The minimum Gasteiger partial charge on any atom is -0.456 e. The number of benzene rings is 1. The highest BCUT2D eigenvalue weighted by molar-refractivity contribution is 8.01. The van der Waals surface area contributed by atoms with E-state index in [0.717, 1.165) is 16.9 Å². The van der Waals surface area contributed by atoms with Gasteiger partial charge in [-0.2, -0.15) is 0 Å². The third-order valence-electron chi connectivity index (χ3n) is 5.72. The molecule has 0 saturated carbocycles. The molecule has 35 heavy (non-hydrogen) atoms. The number of nitrogens with two attached hydrogens (primary N) is 1. The normalized spacial score (nSPS) is 26.9. The third-order valence-corrected chi connectivity index (χ3v) is 7.97. The average molecular weight is 518 g/mol. The van der Waals surface area contributed by atoms with Crippen LogP contribution in [0.3, 0.4) is 0 Å². The Labute approximate surface area is 206 Å². The maximum atomic E-state index is 13.2. The number of rotatable bonds is 7. The first kappa shape index (κ1) is 23.1. The number of β-lactam (4-membered cyclic amide) rings is 1. The summed E-state index contributed by atoms with van der Waals surface area (Å²) in [6.45, 7) is -0.0448. The molecule has 3 aliphatic heterocycles. The number of nitrogens with zero attached hydrogens (tertiary/aromatic N) is 3. The maximum absolute atomic E-state index is 13.2. The summed E-state index contributed by atoms with van der Waals surface area (Å²) in [5, 5.41) is 6.79. The molecular formula is C21H19N5O7S2. The molecule has 0 bridgehead atoms. The number of oxime groups is 1. The van der Waals surface area contributed by atoms with Crippen molar-refractivity contribution in [3.63, 3.8) is 0 Å². The van der Waals surface area contributed by atoms with Crippen molar-refractivity contribution in [2.24, 2.45) is 5.16 Å². The molecule has 0 aliphatic carbocycles. The fourth-order valence-electron chi connectivity index (χ4n) is 4.17. The summed E-state index contributed by atoms with van der Waals surface area (Å²) in [6.07, 6.45) is -0.0689. The van der Waals surface area contributed by atoms with E-state index in [2.05, 4.69) is 15.5 Å². The summed E-state index contributed by atoms with van der Waals surface area (Å²) >= 11 is 2.32. The van der Waals surface area contributed by atoms with Crippen LogP contribution in [0.15, 0.2) is 40.9 Å². The second-order valence-corrected chi connectivity index (χ2v) is 10.0. The summed E-state index contributed by atoms with van der Waals surface area (Å²) in [6, 6.07) is 8.02. The molecule has 5 rings (SSSR count). The first-order chi connectivity index (χ1) is 16.8. The van der Waals surface area contributed by atoms with E-state index in [1.165, 1.54) is 29.2 Å². The van der Waals surface area contributed by atoms with Crippen LogP contribution >= 0.6 is 23.1 Å². The first-order valence-corrected chi connectivity index (χ1v) is 12.2. The van der Waals surface area contributed by atoms with Crippen LogP contribution in [0.1, 0.15) is 17.7 Å². The molecule has 182 valence electrons. The third kappa shape index (κ3) is 3.78. The smallest absolute Gasteiger partial charge is 0.374 e. The number of carbonyl (C=O) groups is 4. The van der Waals surface area contributed by atoms with E-state index in [1.807, 2.05) is 6.07 Å². The van der Waals surface area contributed by atoms with E-state index in [9.17, 15) is 19.2 Å². The SMILES string of the molecule is CON=C(C(=O)N[C@@H]1C(=O)N2[C@@H]1S[C@H]1CC(=O)O[C@]12C(=O)OCc1ccccc1)c1csc(N)n1. The van der Waals surface area contributed by atoms with Gasteiger partial charge in [-0.15, -0.1) is 23.1 Å². The fraction of sp³-hybridized carbons (Fsp3) is 0.333. The largest absolute Gasteiger partial charge is 0.456 e. The quantitative estimate of drug-likeness (QED) is 0.225. The Bertz CT molecular complexity index is 1240. The van der Waals surface area contributed by atoms with Gasteiger partial charge in [0.25, 0.3) is 17.5 Å². The van der Waals surface area contributed by atoms with E-state index in [-0.39, 0.29) is 29.6 Å². The molecule has 3 saturated heterocycles. The molecular weight excluding hydrogens is 498 g/mol. The number of thioether (sulfide) groups is 1.